The number of carboxylic acids is 1. The lowest BCUT2D eigenvalue weighted by molar-refractivity contribution is -0.0448. The number of carbonyl (C=O) groups is 1. The van der Waals surface area contributed by atoms with E-state index in [4.69, 9.17) is 5.11 Å². The summed E-state index contributed by atoms with van der Waals surface area (Å²) in [5.74, 6) is -1.18. The van der Waals surface area contributed by atoms with Crippen molar-refractivity contribution in [2.24, 2.45) is 0 Å². The molecule has 0 radical (unpaired) electrons. The highest BCUT2D eigenvalue weighted by atomic mass is 35.5. The van der Waals surface area contributed by atoms with E-state index in [0.717, 1.165) is 0 Å². The Kier molecular flexibility index (Phi) is 5.79. The van der Waals surface area contributed by atoms with E-state index in [1.54, 1.807) is 0 Å². The van der Waals surface area contributed by atoms with Crippen LogP contribution in [-0.2, 0) is 16.6 Å². The number of alkyl halides is 3. The molecule has 1 rings (SSSR count). The lowest BCUT2D eigenvalue weighted by Crippen LogP contribution is -2.35. The van der Waals surface area contributed by atoms with E-state index < -0.39 is 28.0 Å². The fourth-order valence-electron chi connectivity index (χ4n) is 1.03. The summed E-state index contributed by atoms with van der Waals surface area (Å²) >= 11 is 0. The monoisotopic (exact) mass is 319 g/mol. The lowest BCUT2D eigenvalue weighted by Gasteiger charge is -2.09. The van der Waals surface area contributed by atoms with Crippen molar-refractivity contribution in [3.8, 4) is 0 Å². The summed E-state index contributed by atoms with van der Waals surface area (Å²) in [7, 11) is -5.39. The molecule has 0 aromatic heterocycles. The van der Waals surface area contributed by atoms with Crippen LogP contribution in [0.25, 0.3) is 0 Å². The number of nitrogens with one attached hydrogen (secondary N) is 1. The predicted octanol–water partition coefficient (Wildman–Crippen LogP) is 1.75. The molecule has 2 N–H and O–H groups in total. The van der Waals surface area contributed by atoms with Crippen molar-refractivity contribution >= 4 is 28.4 Å². The van der Waals surface area contributed by atoms with Crippen LogP contribution < -0.4 is 4.72 Å². The number of sulfonamides is 1. The molecule has 10 heteroatoms. The van der Waals surface area contributed by atoms with Crippen LogP contribution in [-0.4, -0.2) is 25.0 Å². The van der Waals surface area contributed by atoms with Crippen molar-refractivity contribution in [1.29, 1.82) is 0 Å². The maximum absolute atomic E-state index is 12.0. The number of hydrogen-bond acceptors (Lipinski definition) is 3. The van der Waals surface area contributed by atoms with Gasteiger partial charge in [-0.05, 0) is 17.7 Å². The molecule has 1 aromatic carbocycles. The summed E-state index contributed by atoms with van der Waals surface area (Å²) in [5, 5.41) is 8.58. The zero-order valence-electron chi connectivity index (χ0n) is 9.14. The standard InChI is InChI=1S/C9H8F3NO4S.ClH/c10-9(11,12)18(16,17)13-5-6-1-3-7(4-2-6)8(14)15;/h1-4,13H,5H2,(H,14,15);1H. The summed E-state index contributed by atoms with van der Waals surface area (Å²) in [4.78, 5) is 10.5. The summed E-state index contributed by atoms with van der Waals surface area (Å²) in [6.45, 7) is -0.568. The molecule has 0 heterocycles. The lowest BCUT2D eigenvalue weighted by atomic mass is 10.1. The van der Waals surface area contributed by atoms with Crippen LogP contribution in [0, 0.1) is 0 Å². The highest BCUT2D eigenvalue weighted by molar-refractivity contribution is 7.90. The molecule has 0 atom stereocenters. The van der Waals surface area contributed by atoms with Gasteiger partial charge in [-0.2, -0.15) is 13.2 Å². The van der Waals surface area contributed by atoms with Crippen molar-refractivity contribution in [3.63, 3.8) is 0 Å². The SMILES string of the molecule is Cl.O=C(O)c1ccc(CNS(=O)(=O)C(F)(F)F)cc1. The molecule has 108 valence electrons. The summed E-state index contributed by atoms with van der Waals surface area (Å²) in [5.41, 5.74) is -5.20. The van der Waals surface area contributed by atoms with Crippen LogP contribution in [0.2, 0.25) is 0 Å². The molecule has 0 saturated carbocycles. The molecule has 5 nitrogen and oxygen atoms in total. The Hall–Kier alpha value is -1.32. The molecule has 0 aliphatic rings. The van der Waals surface area contributed by atoms with Crippen LogP contribution in [0.5, 0.6) is 0 Å². The van der Waals surface area contributed by atoms with Crippen LogP contribution in [0.15, 0.2) is 24.3 Å². The third-order valence-electron chi connectivity index (χ3n) is 1.97. The van der Waals surface area contributed by atoms with Gasteiger partial charge in [0.05, 0.1) is 5.56 Å². The molecular formula is C9H9ClF3NO4S. The van der Waals surface area contributed by atoms with Crippen LogP contribution in [0.3, 0.4) is 0 Å². The van der Waals surface area contributed by atoms with Gasteiger partial charge in [-0.15, -0.1) is 12.4 Å². The van der Waals surface area contributed by atoms with Gasteiger partial charge in [0.2, 0.25) is 0 Å². The second-order valence-corrected chi connectivity index (χ2v) is 5.03. The van der Waals surface area contributed by atoms with Gasteiger partial charge >= 0.3 is 21.5 Å². The van der Waals surface area contributed by atoms with E-state index in [1.807, 2.05) is 0 Å². The van der Waals surface area contributed by atoms with E-state index in [2.05, 4.69) is 0 Å². The normalized spacial score (nSPS) is 11.7. The average Bonchev–Trinajstić information content (AvgIpc) is 2.25. The van der Waals surface area contributed by atoms with E-state index in [9.17, 15) is 26.4 Å². The smallest absolute Gasteiger partial charge is 0.478 e. The van der Waals surface area contributed by atoms with Crippen LogP contribution >= 0.6 is 12.4 Å². The first-order valence-electron chi connectivity index (χ1n) is 4.51. The Morgan fingerprint density at radius 2 is 1.68 bits per heavy atom. The van der Waals surface area contributed by atoms with E-state index >= 15 is 0 Å². The zero-order valence-corrected chi connectivity index (χ0v) is 10.8. The Balaban J connectivity index is 0.00000324. The van der Waals surface area contributed by atoms with Gasteiger partial charge in [0.25, 0.3) is 0 Å². The largest absolute Gasteiger partial charge is 0.511 e. The maximum Gasteiger partial charge on any atom is 0.511 e. The molecule has 0 saturated heterocycles. The second-order valence-electron chi connectivity index (χ2n) is 3.27. The minimum absolute atomic E-state index is 0. The summed E-state index contributed by atoms with van der Waals surface area (Å²) in [6, 6.07) is 4.78. The van der Waals surface area contributed by atoms with Gasteiger partial charge in [-0.1, -0.05) is 12.1 Å². The average molecular weight is 320 g/mol. The van der Waals surface area contributed by atoms with Crippen molar-refractivity contribution in [2.75, 3.05) is 0 Å². The topological polar surface area (TPSA) is 83.5 Å². The second kappa shape index (κ2) is 6.22. The number of benzene rings is 1. The Bertz CT molecular complexity index is 542. The number of aromatic carboxylic acids is 1. The molecule has 0 aliphatic carbocycles. The fourth-order valence-corrected chi connectivity index (χ4v) is 1.55. The van der Waals surface area contributed by atoms with Gasteiger partial charge in [0.15, 0.2) is 0 Å². The molecular weight excluding hydrogens is 311 g/mol. The Labute approximate surface area is 112 Å². The van der Waals surface area contributed by atoms with Crippen molar-refractivity contribution < 1.29 is 31.5 Å². The third kappa shape index (κ3) is 4.69. The summed E-state index contributed by atoms with van der Waals surface area (Å²) < 4.78 is 58.6. The van der Waals surface area contributed by atoms with Gasteiger partial charge in [0.1, 0.15) is 0 Å². The van der Waals surface area contributed by atoms with Crippen molar-refractivity contribution in [2.45, 2.75) is 12.1 Å². The Morgan fingerprint density at radius 3 is 2.05 bits per heavy atom. The van der Waals surface area contributed by atoms with Gasteiger partial charge < -0.3 is 5.11 Å². The molecule has 19 heavy (non-hydrogen) atoms. The molecule has 1 aromatic rings. The predicted molar refractivity (Wildman–Crippen MR) is 62.5 cm³/mol. The fraction of sp³-hybridized carbons (Fsp3) is 0.222. The minimum atomic E-state index is -5.39. The van der Waals surface area contributed by atoms with E-state index in [-0.39, 0.29) is 23.5 Å². The zero-order chi connectivity index (χ0) is 14.0. The Morgan fingerprint density at radius 1 is 1.21 bits per heavy atom. The summed E-state index contributed by atoms with van der Waals surface area (Å²) in [6.07, 6.45) is 0. The first-order valence-corrected chi connectivity index (χ1v) is 6.00. The number of rotatable bonds is 4. The van der Waals surface area contributed by atoms with Gasteiger partial charge in [-0.3, -0.25) is 0 Å². The van der Waals surface area contributed by atoms with E-state index in [0.29, 0.717) is 0 Å². The quantitative estimate of drug-likeness (QED) is 0.885. The minimum Gasteiger partial charge on any atom is -0.478 e. The third-order valence-corrected chi connectivity index (χ3v) is 3.11. The molecule has 0 amide bonds. The van der Waals surface area contributed by atoms with Crippen LogP contribution in [0.4, 0.5) is 13.2 Å². The molecule has 0 bridgehead atoms. The van der Waals surface area contributed by atoms with Crippen molar-refractivity contribution in [3.05, 3.63) is 35.4 Å². The van der Waals surface area contributed by atoms with Crippen LogP contribution in [0.1, 0.15) is 15.9 Å². The number of hydrogen-bond donors (Lipinski definition) is 2. The molecule has 0 unspecified atom stereocenters. The first kappa shape index (κ1) is 17.7. The first-order chi connectivity index (χ1) is 8.13. The van der Waals surface area contributed by atoms with Gasteiger partial charge in [-0.25, -0.2) is 17.9 Å². The number of carboxylic acid groups (broad SMARTS) is 1. The molecule has 0 aliphatic heterocycles. The highest BCUT2D eigenvalue weighted by Gasteiger charge is 2.45. The van der Waals surface area contributed by atoms with Gasteiger partial charge in [0, 0.05) is 6.54 Å². The van der Waals surface area contributed by atoms with E-state index in [1.165, 1.54) is 29.0 Å². The molecule has 0 fully saturated rings. The maximum atomic E-state index is 12.0. The number of halogens is 4. The molecule has 0 spiro atoms. The highest BCUT2D eigenvalue weighted by Crippen LogP contribution is 2.21. The van der Waals surface area contributed by atoms with Crippen molar-refractivity contribution in [1.82, 2.24) is 4.72 Å².